The van der Waals surface area contributed by atoms with Crippen molar-refractivity contribution in [1.29, 1.82) is 0 Å². The molecule has 0 aromatic heterocycles. The quantitative estimate of drug-likeness (QED) is 0.0265. The van der Waals surface area contributed by atoms with Crippen LogP contribution in [0.1, 0.15) is 181 Å². The molecular formula is C47H83NO7. The van der Waals surface area contributed by atoms with Crippen LogP contribution in [-0.4, -0.2) is 75.5 Å². The number of rotatable bonds is 39. The molecule has 2 atom stereocenters. The summed E-state index contributed by atoms with van der Waals surface area (Å²) < 4.78 is 17.1. The zero-order valence-corrected chi connectivity index (χ0v) is 36.1. The van der Waals surface area contributed by atoms with Gasteiger partial charge in [-0.05, 0) is 57.8 Å². The van der Waals surface area contributed by atoms with E-state index in [1.54, 1.807) is 21.1 Å². The fourth-order valence-electron chi connectivity index (χ4n) is 6.21. The second-order valence-electron chi connectivity index (χ2n) is 16.0. The van der Waals surface area contributed by atoms with Crippen LogP contribution in [0.2, 0.25) is 0 Å². The monoisotopic (exact) mass is 774 g/mol. The average Bonchev–Trinajstić information content (AvgIpc) is 3.14. The molecule has 0 N–H and O–H groups in total. The number of nitrogens with zero attached hydrogens (tertiary/aromatic N) is 1. The molecule has 0 spiro atoms. The highest BCUT2D eigenvalue weighted by atomic mass is 16.6. The van der Waals surface area contributed by atoms with E-state index in [9.17, 15) is 19.5 Å². The Labute approximate surface area is 337 Å². The third-order valence-corrected chi connectivity index (χ3v) is 9.74. The zero-order valence-electron chi connectivity index (χ0n) is 36.1. The van der Waals surface area contributed by atoms with E-state index < -0.39 is 18.1 Å². The summed E-state index contributed by atoms with van der Waals surface area (Å²) in [6.07, 6.45) is 44.2. The second-order valence-corrected chi connectivity index (χ2v) is 16.0. The van der Waals surface area contributed by atoms with E-state index in [-0.39, 0.29) is 42.7 Å². The van der Waals surface area contributed by atoms with Crippen LogP contribution in [0, 0.1) is 0 Å². The van der Waals surface area contributed by atoms with Crippen molar-refractivity contribution >= 4 is 17.9 Å². The van der Waals surface area contributed by atoms with Crippen molar-refractivity contribution < 1.29 is 38.2 Å². The van der Waals surface area contributed by atoms with Crippen molar-refractivity contribution in [3.05, 3.63) is 48.6 Å². The maximum atomic E-state index is 12.7. The van der Waals surface area contributed by atoms with Gasteiger partial charge < -0.3 is 28.6 Å². The fourth-order valence-corrected chi connectivity index (χ4v) is 6.21. The average molecular weight is 774 g/mol. The van der Waals surface area contributed by atoms with Gasteiger partial charge in [-0.3, -0.25) is 9.59 Å². The number of hydrogen-bond acceptors (Lipinski definition) is 7. The molecule has 318 valence electrons. The Morgan fingerprint density at radius 1 is 0.545 bits per heavy atom. The van der Waals surface area contributed by atoms with Gasteiger partial charge in [-0.2, -0.15) is 0 Å². The highest BCUT2D eigenvalue weighted by Crippen LogP contribution is 2.14. The van der Waals surface area contributed by atoms with Gasteiger partial charge in [0.25, 0.3) is 0 Å². The molecule has 0 fully saturated rings. The van der Waals surface area contributed by atoms with Crippen LogP contribution in [0.3, 0.4) is 0 Å². The molecule has 0 saturated carbocycles. The Bertz CT molecular complexity index is 1040. The number of likely N-dealkylation sites (N-methyl/N-ethyl adjacent to an activating group) is 1. The maximum Gasteiger partial charge on any atom is 0.306 e. The topological polar surface area (TPSA) is 102 Å². The number of esters is 2. The summed E-state index contributed by atoms with van der Waals surface area (Å²) in [5.41, 5.74) is 0. The van der Waals surface area contributed by atoms with Crippen LogP contribution in [0.15, 0.2) is 48.6 Å². The van der Waals surface area contributed by atoms with Crippen LogP contribution >= 0.6 is 0 Å². The molecule has 0 aromatic carbocycles. The highest BCUT2D eigenvalue weighted by Gasteiger charge is 2.25. The summed E-state index contributed by atoms with van der Waals surface area (Å²) in [5.74, 6) is -1.78. The first kappa shape index (κ1) is 52.3. The van der Waals surface area contributed by atoms with Crippen LogP contribution in [0.25, 0.3) is 0 Å². The largest absolute Gasteiger partial charge is 0.544 e. The van der Waals surface area contributed by atoms with Gasteiger partial charge in [0.15, 0.2) is 6.10 Å². The third kappa shape index (κ3) is 36.7. The van der Waals surface area contributed by atoms with Gasteiger partial charge in [0.1, 0.15) is 12.6 Å². The number of hydrogen-bond donors (Lipinski definition) is 0. The molecule has 8 heteroatoms. The molecule has 0 heterocycles. The molecule has 2 unspecified atom stereocenters. The van der Waals surface area contributed by atoms with E-state index in [0.717, 1.165) is 51.4 Å². The predicted molar refractivity (Wildman–Crippen MR) is 226 cm³/mol. The van der Waals surface area contributed by atoms with Gasteiger partial charge in [-0.15, -0.1) is 0 Å². The van der Waals surface area contributed by atoms with Crippen molar-refractivity contribution in [2.24, 2.45) is 0 Å². The van der Waals surface area contributed by atoms with Gasteiger partial charge in [0.05, 0.1) is 40.3 Å². The fraction of sp³-hybridized carbons (Fsp3) is 0.766. The number of carboxylic acid groups (broad SMARTS) is 1. The lowest BCUT2D eigenvalue weighted by atomic mass is 10.1. The lowest BCUT2D eigenvalue weighted by Crippen LogP contribution is -2.55. The van der Waals surface area contributed by atoms with Crippen LogP contribution in [0.4, 0.5) is 0 Å². The minimum Gasteiger partial charge on any atom is -0.544 e. The molecule has 0 saturated heterocycles. The maximum absolute atomic E-state index is 12.7. The Morgan fingerprint density at radius 3 is 1.44 bits per heavy atom. The molecule has 0 rings (SSSR count). The number of allylic oxidation sites excluding steroid dienone is 8. The zero-order chi connectivity index (χ0) is 40.7. The van der Waals surface area contributed by atoms with Crippen LogP contribution in [0.5, 0.6) is 0 Å². The molecule has 0 bridgehead atoms. The van der Waals surface area contributed by atoms with Gasteiger partial charge >= 0.3 is 11.9 Å². The molecule has 0 aliphatic rings. The minimum atomic E-state index is -1.13. The summed E-state index contributed by atoms with van der Waals surface area (Å²) >= 11 is 0. The summed E-state index contributed by atoms with van der Waals surface area (Å²) in [6.45, 7) is 4.55. The van der Waals surface area contributed by atoms with E-state index in [1.807, 2.05) is 0 Å². The third-order valence-electron chi connectivity index (χ3n) is 9.74. The Balaban J connectivity index is 4.32. The van der Waals surface area contributed by atoms with Gasteiger partial charge in [-0.1, -0.05) is 152 Å². The number of carbonyl (C=O) groups excluding carboxylic acids is 3. The van der Waals surface area contributed by atoms with Gasteiger partial charge in [0, 0.05) is 19.3 Å². The number of carbonyl (C=O) groups is 3. The van der Waals surface area contributed by atoms with E-state index in [0.29, 0.717) is 12.8 Å². The lowest BCUT2D eigenvalue weighted by Gasteiger charge is -2.34. The van der Waals surface area contributed by atoms with Gasteiger partial charge in [0.2, 0.25) is 0 Å². The first-order valence-corrected chi connectivity index (χ1v) is 22.2. The Morgan fingerprint density at radius 2 is 0.964 bits per heavy atom. The summed E-state index contributed by atoms with van der Waals surface area (Å²) in [6, 6.07) is -0.730. The van der Waals surface area contributed by atoms with Crippen molar-refractivity contribution in [2.45, 2.75) is 193 Å². The molecule has 8 nitrogen and oxygen atoms in total. The van der Waals surface area contributed by atoms with Crippen molar-refractivity contribution in [2.75, 3.05) is 41.0 Å². The minimum absolute atomic E-state index is 0.0302. The lowest BCUT2D eigenvalue weighted by molar-refractivity contribution is -0.889. The molecule has 0 radical (unpaired) electrons. The molecule has 0 amide bonds. The number of aliphatic carboxylic acids is 1. The van der Waals surface area contributed by atoms with E-state index >= 15 is 0 Å². The SMILES string of the molecule is CCCC/C=C/C=C/CCCCCC(=O)OCC(COCCC(C(=O)[O-])[N+](C)(C)C)OC(=O)CCCCCCCCCCCC/C=C/C=C/CCCCCC. The molecule has 0 aromatic rings. The van der Waals surface area contributed by atoms with Crippen LogP contribution in [-0.2, 0) is 28.6 Å². The first-order chi connectivity index (χ1) is 26.6. The smallest absolute Gasteiger partial charge is 0.306 e. The Hall–Kier alpha value is -2.71. The van der Waals surface area contributed by atoms with E-state index in [1.165, 1.54) is 96.3 Å². The molecule has 55 heavy (non-hydrogen) atoms. The predicted octanol–water partition coefficient (Wildman–Crippen LogP) is 10.7. The van der Waals surface area contributed by atoms with Crippen molar-refractivity contribution in [3.63, 3.8) is 0 Å². The highest BCUT2D eigenvalue weighted by molar-refractivity contribution is 5.70. The number of unbranched alkanes of at least 4 members (excludes halogenated alkanes) is 19. The first-order valence-electron chi connectivity index (χ1n) is 22.2. The summed E-state index contributed by atoms with van der Waals surface area (Å²) in [4.78, 5) is 36.8. The molecule has 0 aliphatic carbocycles. The molecular weight excluding hydrogens is 691 g/mol. The van der Waals surface area contributed by atoms with Crippen molar-refractivity contribution in [3.8, 4) is 0 Å². The summed E-state index contributed by atoms with van der Waals surface area (Å²) in [7, 11) is 5.39. The van der Waals surface area contributed by atoms with E-state index in [4.69, 9.17) is 14.2 Å². The van der Waals surface area contributed by atoms with Crippen molar-refractivity contribution in [1.82, 2.24) is 0 Å². The normalized spacial score (nSPS) is 13.4. The van der Waals surface area contributed by atoms with E-state index in [2.05, 4.69) is 62.5 Å². The number of ether oxygens (including phenoxy) is 3. The van der Waals surface area contributed by atoms with Gasteiger partial charge in [-0.25, -0.2) is 0 Å². The number of quaternary nitrogens is 1. The Kier molecular flexibility index (Phi) is 36.3. The summed E-state index contributed by atoms with van der Waals surface area (Å²) in [5, 5.41) is 11.6. The standard InChI is InChI=1S/C47H83NO7/c1-6-8-10-12-14-16-18-19-20-21-22-23-24-25-26-28-30-32-34-36-38-46(50)55-43(41-53-40-39-44(47(51)52)48(3,4)5)42-54-45(49)37-35-33-31-29-27-17-15-13-11-9-7-2/h13,15-20,27,43-44H,6-12,14,21-26,28-42H2,1-5H3/b15-13+,18-16+,20-19+,27-17+. The van der Waals surface area contributed by atoms with Crippen LogP contribution < -0.4 is 5.11 Å². The second kappa shape index (κ2) is 38.2. The number of carboxylic acids is 1. The molecule has 0 aliphatic heterocycles.